The maximum atomic E-state index is 8.94. The molecule has 0 aliphatic rings. The molecule has 8 nitrogen and oxygen atoms in total. The maximum absolute atomic E-state index is 8.94. The van der Waals surface area contributed by atoms with Crippen LogP contribution in [0, 0.1) is 113 Å². The Morgan fingerprint density at radius 2 is 0.725 bits per heavy atom. The molecule has 0 bridgehead atoms. The highest BCUT2D eigenvalue weighted by atomic mass is 15.2. The van der Waals surface area contributed by atoms with Crippen LogP contribution in [0.2, 0.25) is 0 Å². The van der Waals surface area contributed by atoms with E-state index < -0.39 is 11.2 Å². The van der Waals surface area contributed by atoms with Gasteiger partial charge in [-0.25, -0.2) is 6.57 Å². The Morgan fingerprint density at radius 1 is 0.478 bits per heavy atom. The molecule has 0 rings (SSSR count). The van der Waals surface area contributed by atoms with Crippen LogP contribution in [0.4, 0.5) is 0 Å². The van der Waals surface area contributed by atoms with Gasteiger partial charge in [-0.15, -0.1) is 18.3 Å². The minimum atomic E-state index is -0.853. The Bertz CT molecular complexity index is 1530. The van der Waals surface area contributed by atoms with Crippen molar-refractivity contribution >= 4 is 0 Å². The molecule has 0 aliphatic carbocycles. The fourth-order valence-corrected chi connectivity index (χ4v) is 8.73. The van der Waals surface area contributed by atoms with E-state index in [0.29, 0.717) is 28.6 Å². The van der Waals surface area contributed by atoms with Crippen LogP contribution in [0.15, 0.2) is 34.5 Å². The van der Waals surface area contributed by atoms with E-state index in [9.17, 15) is 0 Å². The summed E-state index contributed by atoms with van der Waals surface area (Å²) in [6.45, 7) is 77.2. The first-order chi connectivity index (χ1) is 29.8. The van der Waals surface area contributed by atoms with E-state index >= 15 is 0 Å². The van der Waals surface area contributed by atoms with Gasteiger partial charge in [-0.2, -0.15) is 26.2 Å². The highest BCUT2D eigenvalue weighted by molar-refractivity contribution is 5.00. The summed E-state index contributed by atoms with van der Waals surface area (Å²) in [6.07, 6.45) is 7.84. The standard InChI is InChI=1S/C12H27N.2C12H23N.C8H12N4.C8H15N.2C4H8.CH4.2H2/c3*1-10(2)7-11(3,4)8-12(5,6)9-13;1-7(2,6-9)11-12-8(3,4)10-5;1-7(2)5-8(3,4)6-9;2*1-4(2)3;;;/h10H,7-9,13H2,1-6H3;2*10H,7-8H2,1-6H3;1-4H3;7H,5H2,1-4H3;2*1H2,2-3H3;1H4;2*1H. The molecule has 0 spiro atoms. The van der Waals surface area contributed by atoms with Gasteiger partial charge in [0.25, 0.3) is 0 Å². The summed E-state index contributed by atoms with van der Waals surface area (Å²) in [6, 6.07) is 8.99. The maximum Gasteiger partial charge on any atom is 0.335 e. The normalized spacial score (nSPS) is 12.0. The quantitative estimate of drug-likeness (QED) is 0.0874. The number of hydrogen-bond donors (Lipinski definition) is 1. The van der Waals surface area contributed by atoms with E-state index in [0.717, 1.165) is 31.7 Å². The van der Waals surface area contributed by atoms with E-state index in [-0.39, 0.29) is 37.4 Å². The average molecular weight is 970 g/mol. The smallest absolute Gasteiger partial charge is 0.330 e. The van der Waals surface area contributed by atoms with Gasteiger partial charge in [0, 0.05) is 16.7 Å². The zero-order chi connectivity index (χ0) is 56.6. The predicted molar refractivity (Wildman–Crippen MR) is 311 cm³/mol. The monoisotopic (exact) mass is 969 g/mol. The largest absolute Gasteiger partial charge is 0.335 e. The van der Waals surface area contributed by atoms with E-state index in [1.807, 2.05) is 75.3 Å². The third-order valence-electron chi connectivity index (χ3n) is 9.15. The van der Waals surface area contributed by atoms with Crippen molar-refractivity contribution in [2.24, 2.45) is 77.5 Å². The third kappa shape index (κ3) is 71.2. The zero-order valence-corrected chi connectivity index (χ0v) is 51.1. The van der Waals surface area contributed by atoms with Crippen LogP contribution >= 0.6 is 0 Å². The lowest BCUT2D eigenvalue weighted by Crippen LogP contribution is -2.30. The average Bonchev–Trinajstić information content (AvgIpc) is 3.08. The van der Waals surface area contributed by atoms with Crippen molar-refractivity contribution in [1.29, 1.82) is 21.0 Å². The molecule has 0 fully saturated rings. The van der Waals surface area contributed by atoms with Gasteiger partial charge in [-0.05, 0) is 180 Å². The number of azo groups is 1. The van der Waals surface area contributed by atoms with Crippen LogP contribution in [0.25, 0.3) is 4.85 Å². The summed E-state index contributed by atoms with van der Waals surface area (Å²) in [5, 5.41) is 42.6. The van der Waals surface area contributed by atoms with Crippen LogP contribution < -0.4 is 5.73 Å². The van der Waals surface area contributed by atoms with E-state index in [4.69, 9.17) is 33.4 Å². The molecular weight excluding hydrogens is 845 g/mol. The van der Waals surface area contributed by atoms with Gasteiger partial charge in [0.05, 0.1) is 40.5 Å². The van der Waals surface area contributed by atoms with Gasteiger partial charge in [-0.1, -0.05) is 129 Å². The van der Waals surface area contributed by atoms with Crippen molar-refractivity contribution in [3.63, 3.8) is 0 Å². The molecule has 408 valence electrons. The molecule has 0 aromatic carbocycles. The molecule has 0 radical (unpaired) electrons. The van der Waals surface area contributed by atoms with Gasteiger partial charge in [0.1, 0.15) is 0 Å². The first-order valence-electron chi connectivity index (χ1n) is 25.2. The van der Waals surface area contributed by atoms with Crippen molar-refractivity contribution < 1.29 is 2.85 Å². The second-order valence-electron chi connectivity index (χ2n) is 27.7. The third-order valence-corrected chi connectivity index (χ3v) is 9.15. The highest BCUT2D eigenvalue weighted by Crippen LogP contribution is 2.39. The van der Waals surface area contributed by atoms with Crippen LogP contribution in [0.5, 0.6) is 0 Å². The van der Waals surface area contributed by atoms with Crippen molar-refractivity contribution in [3.8, 4) is 24.3 Å². The van der Waals surface area contributed by atoms with Crippen molar-refractivity contribution in [3.05, 3.63) is 35.7 Å². The lowest BCUT2D eigenvalue weighted by molar-refractivity contribution is 0.170. The second kappa shape index (κ2) is 37.3. The number of nitriles is 4. The van der Waals surface area contributed by atoms with E-state index in [1.54, 1.807) is 27.7 Å². The number of rotatable bonds is 17. The minimum absolute atomic E-state index is 0. The van der Waals surface area contributed by atoms with Crippen LogP contribution in [0.3, 0.4) is 0 Å². The first kappa shape index (κ1) is 82.4. The Morgan fingerprint density at radius 3 is 0.899 bits per heavy atom. The molecule has 0 heterocycles. The van der Waals surface area contributed by atoms with Gasteiger partial charge < -0.3 is 5.73 Å². The van der Waals surface area contributed by atoms with Gasteiger partial charge in [0.2, 0.25) is 0 Å². The minimum Gasteiger partial charge on any atom is -0.330 e. The molecule has 0 aromatic heterocycles. The van der Waals surface area contributed by atoms with Gasteiger partial charge in [0.15, 0.2) is 5.54 Å². The summed E-state index contributed by atoms with van der Waals surface area (Å²) in [5.74, 6) is 2.83. The second-order valence-corrected chi connectivity index (χ2v) is 27.7. The molecule has 69 heavy (non-hydrogen) atoms. The van der Waals surface area contributed by atoms with Crippen molar-refractivity contribution in [1.82, 2.24) is 0 Å². The Balaban J connectivity index is -0.0000000782. The van der Waals surface area contributed by atoms with Crippen LogP contribution in [-0.4, -0.2) is 17.7 Å². The Labute approximate surface area is 437 Å². The zero-order valence-electron chi connectivity index (χ0n) is 51.1. The summed E-state index contributed by atoms with van der Waals surface area (Å²) in [5.41, 5.74) is 7.19. The number of nitrogens with two attached hydrogens (primary N) is 1. The molecule has 0 saturated heterocycles. The number of hydrogen-bond acceptors (Lipinski definition) is 7. The molecule has 0 aliphatic heterocycles. The molecule has 0 saturated carbocycles. The molecule has 0 atom stereocenters. The molecular formula is C61H124N8. The number of allylic oxidation sites excluding steroid dienone is 2. The molecule has 2 N–H and O–H groups in total. The lowest BCUT2D eigenvalue weighted by Gasteiger charge is -2.35. The van der Waals surface area contributed by atoms with Crippen LogP contribution in [-0.2, 0) is 0 Å². The Hall–Kier alpha value is -3.51. The van der Waals surface area contributed by atoms with Gasteiger partial charge in [-0.3, -0.25) is 4.85 Å². The SMILES string of the molecule is C.C=C(C)C.C=C(C)C.CC(C)CC(C)(C)C#N.CC(C)CC(C)(C)CC(C)(C)C#N.CC(C)CC(C)(C)CC(C)(C)C#N.CC(C)CC(C)(C)CC(C)(C)CN.[C-]#[N+]C(C)(C)N=NC(C)(C)C#N.[HH].[HH]. The fourth-order valence-electron chi connectivity index (χ4n) is 8.73. The fraction of sp³-hybridized carbons (Fsp3) is 0.852. The molecule has 0 amide bonds. The van der Waals surface area contributed by atoms with Crippen LogP contribution in [0.1, 0.15) is 263 Å². The molecule has 0 aromatic rings. The lowest BCUT2D eigenvalue weighted by atomic mass is 9.71. The number of nitrogens with zero attached hydrogens (tertiary/aromatic N) is 7. The summed E-state index contributed by atoms with van der Waals surface area (Å²) in [4.78, 5) is 3.24. The molecule has 0 unspecified atom stereocenters. The predicted octanol–water partition coefficient (Wildman–Crippen LogP) is 20.7. The Kier molecular flexibility index (Phi) is 44.5. The molecule has 8 heteroatoms. The van der Waals surface area contributed by atoms with Crippen molar-refractivity contribution in [2.75, 3.05) is 6.54 Å². The topological polar surface area (TPSA) is 150 Å². The van der Waals surface area contributed by atoms with Crippen molar-refractivity contribution in [2.45, 2.75) is 271 Å². The van der Waals surface area contributed by atoms with E-state index in [2.05, 4.69) is 157 Å². The van der Waals surface area contributed by atoms with E-state index in [1.165, 1.54) is 36.8 Å². The summed E-state index contributed by atoms with van der Waals surface area (Å²) >= 11 is 0. The first-order valence-corrected chi connectivity index (χ1v) is 25.2. The van der Waals surface area contributed by atoms with Gasteiger partial charge >= 0.3 is 5.66 Å². The summed E-state index contributed by atoms with van der Waals surface area (Å²) < 4.78 is 0. The summed E-state index contributed by atoms with van der Waals surface area (Å²) in [7, 11) is 0. The highest BCUT2D eigenvalue weighted by Gasteiger charge is 2.31.